The molecule has 0 atom stereocenters. The van der Waals surface area contributed by atoms with Crippen LogP contribution in [0.3, 0.4) is 0 Å². The van der Waals surface area contributed by atoms with Gasteiger partial charge in [-0.25, -0.2) is 0 Å². The number of hydrogen-bond donors (Lipinski definition) is 0. The molecule has 0 saturated carbocycles. The summed E-state index contributed by atoms with van der Waals surface area (Å²) < 4.78 is 5.82. The molecule has 0 spiro atoms. The van der Waals surface area contributed by atoms with E-state index in [9.17, 15) is 9.59 Å². The van der Waals surface area contributed by atoms with Crippen molar-refractivity contribution in [2.24, 2.45) is 0 Å². The zero-order valence-corrected chi connectivity index (χ0v) is 12.9. The molecule has 0 N–H and O–H groups in total. The van der Waals surface area contributed by atoms with E-state index in [4.69, 9.17) is 16.3 Å². The first-order valence-corrected chi connectivity index (χ1v) is 6.88. The van der Waals surface area contributed by atoms with Crippen molar-refractivity contribution < 1.29 is 14.3 Å². The van der Waals surface area contributed by atoms with Crippen molar-refractivity contribution in [2.75, 3.05) is 7.11 Å². The topological polar surface area (TPSA) is 43.4 Å². The highest BCUT2D eigenvalue weighted by Crippen LogP contribution is 2.24. The molecule has 5 heteroatoms. The van der Waals surface area contributed by atoms with Gasteiger partial charge in [0.1, 0.15) is 5.75 Å². The quantitative estimate of drug-likeness (QED) is 0.612. The number of ketones is 2. The van der Waals surface area contributed by atoms with E-state index in [2.05, 4.69) is 15.9 Å². The monoisotopic (exact) mass is 352 g/mol. The molecule has 0 heterocycles. The molecule has 2 rings (SSSR count). The van der Waals surface area contributed by atoms with Gasteiger partial charge in [-0.3, -0.25) is 9.59 Å². The van der Waals surface area contributed by atoms with E-state index in [1.54, 1.807) is 36.4 Å². The van der Waals surface area contributed by atoms with Gasteiger partial charge in [-0.2, -0.15) is 0 Å². The van der Waals surface area contributed by atoms with Crippen molar-refractivity contribution in [3.05, 3.63) is 63.1 Å². The number of ether oxygens (including phenoxy) is 1. The third-order valence-corrected chi connectivity index (χ3v) is 3.43. The molecule has 0 amide bonds. The fourth-order valence-electron chi connectivity index (χ4n) is 1.74. The molecule has 2 aromatic carbocycles. The molecule has 20 heavy (non-hydrogen) atoms. The van der Waals surface area contributed by atoms with E-state index in [0.29, 0.717) is 16.3 Å². The standard InChI is InChI=1S/C15H10BrClO3/c1-20-13-6-5-11(17)8-12(13)15(19)14(18)9-3-2-4-10(16)7-9/h2-8H,1H3. The Morgan fingerprint density at radius 3 is 2.50 bits per heavy atom. The van der Waals surface area contributed by atoms with E-state index in [-0.39, 0.29) is 5.56 Å². The van der Waals surface area contributed by atoms with Crippen LogP contribution >= 0.6 is 27.5 Å². The highest BCUT2D eigenvalue weighted by atomic mass is 79.9. The summed E-state index contributed by atoms with van der Waals surface area (Å²) in [6.45, 7) is 0. The Labute approximate surface area is 129 Å². The smallest absolute Gasteiger partial charge is 0.237 e. The Morgan fingerprint density at radius 2 is 1.85 bits per heavy atom. The SMILES string of the molecule is COc1ccc(Cl)cc1C(=O)C(=O)c1cccc(Br)c1. The van der Waals surface area contributed by atoms with E-state index in [1.807, 2.05) is 0 Å². The summed E-state index contributed by atoms with van der Waals surface area (Å²) in [7, 11) is 1.43. The molecular weight excluding hydrogens is 344 g/mol. The summed E-state index contributed by atoms with van der Waals surface area (Å²) in [5, 5.41) is 0.371. The summed E-state index contributed by atoms with van der Waals surface area (Å²) in [6, 6.07) is 11.2. The third kappa shape index (κ3) is 3.08. The molecule has 0 unspecified atom stereocenters. The van der Waals surface area contributed by atoms with Crippen molar-refractivity contribution >= 4 is 39.1 Å². The van der Waals surface area contributed by atoms with E-state index in [1.165, 1.54) is 13.2 Å². The van der Waals surface area contributed by atoms with Gasteiger partial charge in [0.2, 0.25) is 11.6 Å². The van der Waals surface area contributed by atoms with E-state index >= 15 is 0 Å². The minimum Gasteiger partial charge on any atom is -0.496 e. The van der Waals surface area contributed by atoms with Crippen LogP contribution in [0.1, 0.15) is 20.7 Å². The molecule has 0 aliphatic carbocycles. The van der Waals surface area contributed by atoms with Gasteiger partial charge >= 0.3 is 0 Å². The van der Waals surface area contributed by atoms with Gasteiger partial charge in [-0.1, -0.05) is 39.7 Å². The van der Waals surface area contributed by atoms with Crippen LogP contribution in [0, 0.1) is 0 Å². The van der Waals surface area contributed by atoms with Gasteiger partial charge < -0.3 is 4.74 Å². The number of benzene rings is 2. The average Bonchev–Trinajstić information content (AvgIpc) is 2.45. The zero-order chi connectivity index (χ0) is 14.7. The van der Waals surface area contributed by atoms with E-state index < -0.39 is 11.6 Å². The summed E-state index contributed by atoms with van der Waals surface area (Å²) in [5.41, 5.74) is 0.469. The molecule has 0 aromatic heterocycles. The molecule has 0 aliphatic rings. The minimum atomic E-state index is -0.651. The van der Waals surface area contributed by atoms with Crippen molar-refractivity contribution in [2.45, 2.75) is 0 Å². The largest absolute Gasteiger partial charge is 0.496 e. The van der Waals surface area contributed by atoms with Crippen molar-refractivity contribution in [1.82, 2.24) is 0 Å². The Hall–Kier alpha value is -1.65. The zero-order valence-electron chi connectivity index (χ0n) is 10.5. The molecule has 3 nitrogen and oxygen atoms in total. The average molecular weight is 354 g/mol. The Morgan fingerprint density at radius 1 is 1.10 bits per heavy atom. The summed E-state index contributed by atoms with van der Waals surface area (Å²) in [5.74, 6) is -0.933. The molecule has 0 saturated heterocycles. The first-order valence-electron chi connectivity index (χ1n) is 5.71. The van der Waals surface area contributed by atoms with Crippen LogP contribution in [0.15, 0.2) is 46.9 Å². The van der Waals surface area contributed by atoms with Crippen LogP contribution < -0.4 is 4.74 Å². The molecule has 0 radical (unpaired) electrons. The van der Waals surface area contributed by atoms with Crippen LogP contribution in [-0.2, 0) is 0 Å². The van der Waals surface area contributed by atoms with Gasteiger partial charge in [-0.15, -0.1) is 0 Å². The van der Waals surface area contributed by atoms with Crippen molar-refractivity contribution in [1.29, 1.82) is 0 Å². The van der Waals surface area contributed by atoms with Crippen LogP contribution in [-0.4, -0.2) is 18.7 Å². The van der Waals surface area contributed by atoms with E-state index in [0.717, 1.165) is 4.47 Å². The highest BCUT2D eigenvalue weighted by molar-refractivity contribution is 9.10. The predicted octanol–water partition coefficient (Wildman–Crippen LogP) is 4.18. The van der Waals surface area contributed by atoms with Gasteiger partial charge in [0.05, 0.1) is 12.7 Å². The number of hydrogen-bond acceptors (Lipinski definition) is 3. The van der Waals surface area contributed by atoms with Crippen LogP contribution in [0.2, 0.25) is 5.02 Å². The van der Waals surface area contributed by atoms with Gasteiger partial charge in [0.15, 0.2) is 0 Å². The fourth-order valence-corrected chi connectivity index (χ4v) is 2.31. The molecule has 102 valence electrons. The Kier molecular flexibility index (Phi) is 4.57. The molecule has 0 aliphatic heterocycles. The Balaban J connectivity index is 2.41. The lowest BCUT2D eigenvalue weighted by molar-refractivity contribution is 0.0815. The first kappa shape index (κ1) is 14.8. The van der Waals surface area contributed by atoms with Crippen LogP contribution in [0.5, 0.6) is 5.75 Å². The lowest BCUT2D eigenvalue weighted by Crippen LogP contribution is -2.15. The summed E-state index contributed by atoms with van der Waals surface area (Å²) in [4.78, 5) is 24.5. The highest BCUT2D eigenvalue weighted by Gasteiger charge is 2.22. The lowest BCUT2D eigenvalue weighted by atomic mass is 10.0. The number of carbonyl (C=O) groups excluding carboxylic acids is 2. The van der Waals surface area contributed by atoms with Gasteiger partial charge in [0.25, 0.3) is 0 Å². The fraction of sp³-hybridized carbons (Fsp3) is 0.0667. The number of rotatable bonds is 4. The van der Waals surface area contributed by atoms with Crippen molar-refractivity contribution in [3.63, 3.8) is 0 Å². The first-order chi connectivity index (χ1) is 9.52. The maximum atomic E-state index is 12.3. The second-order valence-electron chi connectivity index (χ2n) is 4.01. The second kappa shape index (κ2) is 6.20. The lowest BCUT2D eigenvalue weighted by Gasteiger charge is -2.07. The molecule has 0 bridgehead atoms. The van der Waals surface area contributed by atoms with Crippen LogP contribution in [0.25, 0.3) is 0 Å². The number of Topliss-reactive ketones (excluding diaryl/α,β-unsaturated/α-hetero) is 2. The maximum Gasteiger partial charge on any atom is 0.237 e. The number of halogens is 2. The normalized spacial score (nSPS) is 10.2. The molecular formula is C15H10BrClO3. The second-order valence-corrected chi connectivity index (χ2v) is 5.37. The maximum absolute atomic E-state index is 12.3. The van der Waals surface area contributed by atoms with Gasteiger partial charge in [0, 0.05) is 15.1 Å². The molecule has 0 fully saturated rings. The summed E-state index contributed by atoms with van der Waals surface area (Å²) >= 11 is 9.13. The Bertz CT molecular complexity index is 683. The predicted molar refractivity (Wildman–Crippen MR) is 80.8 cm³/mol. The number of carbonyl (C=O) groups is 2. The number of methoxy groups -OCH3 is 1. The minimum absolute atomic E-state index is 0.157. The van der Waals surface area contributed by atoms with Gasteiger partial charge in [-0.05, 0) is 30.3 Å². The van der Waals surface area contributed by atoms with Crippen LogP contribution in [0.4, 0.5) is 0 Å². The third-order valence-electron chi connectivity index (χ3n) is 2.70. The molecule has 2 aromatic rings. The summed E-state index contributed by atoms with van der Waals surface area (Å²) in [6.07, 6.45) is 0. The van der Waals surface area contributed by atoms with Crippen molar-refractivity contribution in [3.8, 4) is 5.75 Å².